The quantitative estimate of drug-likeness (QED) is 0.769. The second kappa shape index (κ2) is 3.69. The van der Waals surface area contributed by atoms with Crippen molar-refractivity contribution in [3.05, 3.63) is 41.9 Å². The van der Waals surface area contributed by atoms with Crippen molar-refractivity contribution in [3.8, 4) is 17.0 Å². The van der Waals surface area contributed by atoms with E-state index in [4.69, 9.17) is 0 Å². The Balaban J connectivity index is 2.53. The van der Waals surface area contributed by atoms with E-state index in [9.17, 15) is 5.11 Å². The molecule has 2 aromatic rings. The van der Waals surface area contributed by atoms with Crippen LogP contribution in [0.1, 0.15) is 11.4 Å². The number of rotatable bonds is 1. The number of aromatic nitrogens is 2. The molecule has 0 saturated carbocycles. The summed E-state index contributed by atoms with van der Waals surface area (Å²) >= 11 is 0. The van der Waals surface area contributed by atoms with E-state index in [0.29, 0.717) is 5.69 Å². The molecular weight excluding hydrogens is 188 g/mol. The summed E-state index contributed by atoms with van der Waals surface area (Å²) in [5.41, 5.74) is 3.25. The second-order valence-corrected chi connectivity index (χ2v) is 3.51. The fraction of sp³-hybridized carbons (Fsp3) is 0.167. The van der Waals surface area contributed by atoms with Crippen molar-refractivity contribution in [1.82, 2.24) is 9.97 Å². The summed E-state index contributed by atoms with van der Waals surface area (Å²) in [7, 11) is 0. The van der Waals surface area contributed by atoms with Crippen molar-refractivity contribution in [3.63, 3.8) is 0 Å². The molecule has 0 aliphatic rings. The molecule has 0 radical (unpaired) electrons. The number of hydrogen-bond donors (Lipinski definition) is 1. The van der Waals surface area contributed by atoms with Crippen LogP contribution in [0, 0.1) is 13.8 Å². The van der Waals surface area contributed by atoms with Crippen LogP contribution in [-0.4, -0.2) is 15.1 Å². The predicted octanol–water partition coefficient (Wildman–Crippen LogP) is 2.47. The molecule has 0 aliphatic carbocycles. The molecule has 3 nitrogen and oxygen atoms in total. The lowest BCUT2D eigenvalue weighted by Gasteiger charge is -2.04. The summed E-state index contributed by atoms with van der Waals surface area (Å²) in [5.74, 6) is 0.186. The van der Waals surface area contributed by atoms with Crippen LogP contribution in [0.15, 0.2) is 30.5 Å². The molecule has 2 aromatic heterocycles. The highest BCUT2D eigenvalue weighted by Gasteiger charge is 2.05. The minimum Gasteiger partial charge on any atom is -0.506 e. The first-order valence-corrected chi connectivity index (χ1v) is 4.76. The molecule has 2 rings (SSSR count). The molecule has 0 fully saturated rings. The van der Waals surface area contributed by atoms with Crippen LogP contribution in [0.25, 0.3) is 11.3 Å². The minimum absolute atomic E-state index is 0.186. The normalized spacial score (nSPS) is 10.3. The number of hydrogen-bond acceptors (Lipinski definition) is 3. The van der Waals surface area contributed by atoms with E-state index >= 15 is 0 Å². The van der Waals surface area contributed by atoms with Crippen LogP contribution in [0.2, 0.25) is 0 Å². The molecule has 0 aromatic carbocycles. The third-order valence-corrected chi connectivity index (χ3v) is 2.20. The standard InChI is InChI=1S/C12H12N2O/c1-8-3-5-10(7-13-8)12-11(15)6-4-9(2)14-12/h3-7,15H,1-2H3. The van der Waals surface area contributed by atoms with E-state index in [0.717, 1.165) is 17.0 Å². The van der Waals surface area contributed by atoms with E-state index in [1.807, 2.05) is 26.0 Å². The molecule has 0 bridgehead atoms. The molecule has 0 amide bonds. The zero-order chi connectivity index (χ0) is 10.8. The Hall–Kier alpha value is -1.90. The van der Waals surface area contributed by atoms with Gasteiger partial charge in [-0.3, -0.25) is 4.98 Å². The molecule has 2 heterocycles. The lowest BCUT2D eigenvalue weighted by atomic mass is 10.1. The van der Waals surface area contributed by atoms with Gasteiger partial charge in [0.1, 0.15) is 11.4 Å². The van der Waals surface area contributed by atoms with Crippen LogP contribution < -0.4 is 0 Å². The Morgan fingerprint density at radius 1 is 1.00 bits per heavy atom. The Bertz CT molecular complexity index is 477. The first-order valence-electron chi connectivity index (χ1n) is 4.76. The van der Waals surface area contributed by atoms with Gasteiger partial charge in [-0.1, -0.05) is 0 Å². The minimum atomic E-state index is 0.186. The monoisotopic (exact) mass is 200 g/mol. The molecule has 1 N–H and O–H groups in total. The van der Waals surface area contributed by atoms with Gasteiger partial charge < -0.3 is 5.11 Å². The molecule has 0 spiro atoms. The summed E-state index contributed by atoms with van der Waals surface area (Å²) in [5, 5.41) is 9.67. The van der Waals surface area contributed by atoms with Crippen molar-refractivity contribution in [2.24, 2.45) is 0 Å². The van der Waals surface area contributed by atoms with Gasteiger partial charge in [-0.25, -0.2) is 4.98 Å². The number of aryl methyl sites for hydroxylation is 2. The van der Waals surface area contributed by atoms with E-state index in [1.54, 1.807) is 18.3 Å². The van der Waals surface area contributed by atoms with Gasteiger partial charge in [0, 0.05) is 23.1 Å². The highest BCUT2D eigenvalue weighted by Crippen LogP contribution is 2.26. The molecule has 0 saturated heterocycles. The summed E-state index contributed by atoms with van der Waals surface area (Å²) in [4.78, 5) is 8.46. The SMILES string of the molecule is Cc1ccc(-c2nc(C)ccc2O)cn1. The van der Waals surface area contributed by atoms with Gasteiger partial charge in [-0.2, -0.15) is 0 Å². The molecule has 3 heteroatoms. The molecule has 0 unspecified atom stereocenters. The van der Waals surface area contributed by atoms with Gasteiger partial charge in [-0.15, -0.1) is 0 Å². The van der Waals surface area contributed by atoms with Gasteiger partial charge in [-0.05, 0) is 38.1 Å². The first-order chi connectivity index (χ1) is 7.16. The lowest BCUT2D eigenvalue weighted by molar-refractivity contribution is 0.474. The fourth-order valence-corrected chi connectivity index (χ4v) is 1.37. The van der Waals surface area contributed by atoms with Gasteiger partial charge >= 0.3 is 0 Å². The number of nitrogens with zero attached hydrogens (tertiary/aromatic N) is 2. The average molecular weight is 200 g/mol. The maximum Gasteiger partial charge on any atom is 0.141 e. The Morgan fingerprint density at radius 2 is 1.73 bits per heavy atom. The Morgan fingerprint density at radius 3 is 2.40 bits per heavy atom. The lowest BCUT2D eigenvalue weighted by Crippen LogP contribution is -1.89. The van der Waals surface area contributed by atoms with Crippen molar-refractivity contribution in [2.75, 3.05) is 0 Å². The molecule has 15 heavy (non-hydrogen) atoms. The Kier molecular flexibility index (Phi) is 2.37. The molecular formula is C12H12N2O. The Labute approximate surface area is 88.5 Å². The van der Waals surface area contributed by atoms with Gasteiger partial charge in [0.05, 0.1) is 0 Å². The van der Waals surface area contributed by atoms with E-state index in [-0.39, 0.29) is 5.75 Å². The van der Waals surface area contributed by atoms with Gasteiger partial charge in [0.2, 0.25) is 0 Å². The summed E-state index contributed by atoms with van der Waals surface area (Å²) in [6.45, 7) is 3.82. The van der Waals surface area contributed by atoms with Crippen molar-refractivity contribution < 1.29 is 5.11 Å². The van der Waals surface area contributed by atoms with Crippen LogP contribution in [0.3, 0.4) is 0 Å². The largest absolute Gasteiger partial charge is 0.506 e. The van der Waals surface area contributed by atoms with Crippen LogP contribution in [0.4, 0.5) is 0 Å². The van der Waals surface area contributed by atoms with E-state index in [1.165, 1.54) is 0 Å². The zero-order valence-corrected chi connectivity index (χ0v) is 8.73. The third-order valence-electron chi connectivity index (χ3n) is 2.20. The summed E-state index contributed by atoms with van der Waals surface area (Å²) < 4.78 is 0. The maximum absolute atomic E-state index is 9.67. The van der Waals surface area contributed by atoms with Crippen molar-refractivity contribution >= 4 is 0 Å². The van der Waals surface area contributed by atoms with Crippen molar-refractivity contribution in [1.29, 1.82) is 0 Å². The number of pyridine rings is 2. The van der Waals surface area contributed by atoms with Crippen LogP contribution in [-0.2, 0) is 0 Å². The smallest absolute Gasteiger partial charge is 0.141 e. The van der Waals surface area contributed by atoms with E-state index in [2.05, 4.69) is 9.97 Å². The highest BCUT2D eigenvalue weighted by molar-refractivity contribution is 5.65. The van der Waals surface area contributed by atoms with Crippen LogP contribution >= 0.6 is 0 Å². The highest BCUT2D eigenvalue weighted by atomic mass is 16.3. The summed E-state index contributed by atoms with van der Waals surface area (Å²) in [6.07, 6.45) is 1.72. The first kappa shape index (κ1) is 9.65. The van der Waals surface area contributed by atoms with Crippen molar-refractivity contribution in [2.45, 2.75) is 13.8 Å². The third kappa shape index (κ3) is 1.96. The average Bonchev–Trinajstić information content (AvgIpc) is 2.23. The molecule has 76 valence electrons. The second-order valence-electron chi connectivity index (χ2n) is 3.51. The zero-order valence-electron chi connectivity index (χ0n) is 8.73. The van der Waals surface area contributed by atoms with Crippen LogP contribution in [0.5, 0.6) is 5.75 Å². The fourth-order valence-electron chi connectivity index (χ4n) is 1.37. The van der Waals surface area contributed by atoms with Gasteiger partial charge in [0.15, 0.2) is 0 Å². The summed E-state index contributed by atoms with van der Waals surface area (Å²) in [6, 6.07) is 7.24. The number of aromatic hydroxyl groups is 1. The maximum atomic E-state index is 9.67. The topological polar surface area (TPSA) is 46.0 Å². The van der Waals surface area contributed by atoms with E-state index < -0.39 is 0 Å². The molecule has 0 aliphatic heterocycles. The van der Waals surface area contributed by atoms with Gasteiger partial charge in [0.25, 0.3) is 0 Å². The predicted molar refractivity (Wildman–Crippen MR) is 58.6 cm³/mol. The molecule has 0 atom stereocenters.